The van der Waals surface area contributed by atoms with Gasteiger partial charge in [-0.05, 0) is 72.4 Å². The summed E-state index contributed by atoms with van der Waals surface area (Å²) >= 11 is 6.53. The first-order valence-corrected chi connectivity index (χ1v) is 14.1. The van der Waals surface area contributed by atoms with Gasteiger partial charge in [-0.2, -0.15) is 13.2 Å². The fraction of sp³-hybridized carbons (Fsp3) is 0.533. The van der Waals surface area contributed by atoms with E-state index in [1.807, 2.05) is 19.1 Å². The Balaban J connectivity index is 1.73. The van der Waals surface area contributed by atoms with E-state index < -0.39 is 17.7 Å². The van der Waals surface area contributed by atoms with E-state index in [1.165, 1.54) is 6.07 Å². The molecule has 9 heteroatoms. The van der Waals surface area contributed by atoms with Crippen LogP contribution < -0.4 is 5.32 Å². The van der Waals surface area contributed by atoms with Gasteiger partial charge in [-0.15, -0.1) is 0 Å². The molecule has 2 aromatic carbocycles. The third-order valence-electron chi connectivity index (χ3n) is 7.12. The van der Waals surface area contributed by atoms with E-state index in [9.17, 15) is 18.0 Å². The van der Waals surface area contributed by atoms with E-state index in [0.29, 0.717) is 35.7 Å². The van der Waals surface area contributed by atoms with Crippen LogP contribution in [0.1, 0.15) is 105 Å². The molecule has 0 spiro atoms. The SMILES string of the molecule is CCCCCC(C)c1ccc(CO/N=C2\CCCCc3cc(CNCCC(=O)O)c(Cl)cc32)cc1C(F)(F)F. The van der Waals surface area contributed by atoms with Crippen molar-refractivity contribution in [2.75, 3.05) is 6.54 Å². The lowest BCUT2D eigenvalue weighted by atomic mass is 9.90. The number of nitrogens with one attached hydrogen (secondary N) is 1. The first kappa shape index (κ1) is 31.0. The number of fused-ring (bicyclic) bond motifs is 1. The number of carbonyl (C=O) groups is 1. The third kappa shape index (κ3) is 9.24. The monoisotopic (exact) mass is 566 g/mol. The predicted octanol–water partition coefficient (Wildman–Crippen LogP) is 8.25. The summed E-state index contributed by atoms with van der Waals surface area (Å²) in [7, 11) is 0. The predicted molar refractivity (Wildman–Crippen MR) is 148 cm³/mol. The maximum atomic E-state index is 13.9. The highest BCUT2D eigenvalue weighted by Crippen LogP contribution is 2.37. The summed E-state index contributed by atoms with van der Waals surface area (Å²) in [6.45, 7) is 4.67. The molecule has 0 bridgehead atoms. The number of nitrogens with zero attached hydrogens (tertiary/aromatic N) is 1. The molecule has 39 heavy (non-hydrogen) atoms. The second-order valence-electron chi connectivity index (χ2n) is 10.3. The van der Waals surface area contributed by atoms with Crippen molar-refractivity contribution in [2.45, 2.75) is 96.9 Å². The molecule has 1 aliphatic rings. The van der Waals surface area contributed by atoms with Gasteiger partial charge in [0.1, 0.15) is 6.61 Å². The molecule has 0 heterocycles. The molecule has 214 valence electrons. The van der Waals surface area contributed by atoms with Gasteiger partial charge in [0.25, 0.3) is 0 Å². The molecule has 0 saturated heterocycles. The number of halogens is 4. The lowest BCUT2D eigenvalue weighted by Crippen LogP contribution is -2.18. The van der Waals surface area contributed by atoms with Crippen molar-refractivity contribution in [3.8, 4) is 0 Å². The number of hydrogen-bond donors (Lipinski definition) is 2. The van der Waals surface area contributed by atoms with E-state index >= 15 is 0 Å². The molecular formula is C30H38ClF3N2O3. The van der Waals surface area contributed by atoms with Crippen LogP contribution in [0.5, 0.6) is 0 Å². The highest BCUT2D eigenvalue weighted by Gasteiger charge is 2.34. The quantitative estimate of drug-likeness (QED) is 0.145. The zero-order valence-corrected chi connectivity index (χ0v) is 23.4. The first-order chi connectivity index (χ1) is 18.6. The fourth-order valence-electron chi connectivity index (χ4n) is 4.95. The minimum atomic E-state index is -4.44. The molecular weight excluding hydrogens is 529 g/mol. The van der Waals surface area contributed by atoms with Crippen LogP contribution >= 0.6 is 11.6 Å². The molecule has 1 unspecified atom stereocenters. The second-order valence-corrected chi connectivity index (χ2v) is 10.7. The molecule has 5 nitrogen and oxygen atoms in total. The molecule has 2 N–H and O–H groups in total. The number of aryl methyl sites for hydroxylation is 1. The van der Waals surface area contributed by atoms with Crippen molar-refractivity contribution in [1.82, 2.24) is 5.32 Å². The standard InChI is InChI=1S/C30H38ClF3N2O3/c1-3-4-5-8-20(2)24-12-11-21(15-26(24)30(32,33)34)19-39-36-28-10-7-6-9-22-16-23(27(31)17-25(22)28)18-35-14-13-29(37)38/h11-12,15-17,20,35H,3-10,13-14,18-19H2,1-2H3,(H,37,38)/b36-28+. The Bertz CT molecular complexity index is 1150. The number of hydrogen-bond acceptors (Lipinski definition) is 4. The third-order valence-corrected chi connectivity index (χ3v) is 7.48. The summed E-state index contributed by atoms with van der Waals surface area (Å²) < 4.78 is 41.7. The average molecular weight is 567 g/mol. The molecule has 0 fully saturated rings. The largest absolute Gasteiger partial charge is 0.481 e. The van der Waals surface area contributed by atoms with Crippen LogP contribution in [0, 0.1) is 0 Å². The Hall–Kier alpha value is -2.58. The van der Waals surface area contributed by atoms with Gasteiger partial charge in [0.15, 0.2) is 0 Å². The molecule has 3 rings (SSSR count). The van der Waals surface area contributed by atoms with Crippen molar-refractivity contribution in [3.63, 3.8) is 0 Å². The number of alkyl halides is 3. The number of carboxylic acids is 1. The van der Waals surface area contributed by atoms with E-state index in [2.05, 4.69) is 17.4 Å². The van der Waals surface area contributed by atoms with Gasteiger partial charge in [0.2, 0.25) is 0 Å². The van der Waals surface area contributed by atoms with Crippen LogP contribution in [0.25, 0.3) is 0 Å². The zero-order valence-electron chi connectivity index (χ0n) is 22.7. The van der Waals surface area contributed by atoms with Gasteiger partial charge < -0.3 is 15.3 Å². The van der Waals surface area contributed by atoms with E-state index in [-0.39, 0.29) is 18.9 Å². The molecule has 0 saturated carbocycles. The number of carboxylic acid groups (broad SMARTS) is 1. The zero-order chi connectivity index (χ0) is 28.4. The number of oxime groups is 1. The number of rotatable bonds is 13. The normalized spacial score (nSPS) is 15.6. The van der Waals surface area contributed by atoms with Gasteiger partial charge in [0.05, 0.1) is 17.7 Å². The van der Waals surface area contributed by atoms with Crippen LogP contribution in [-0.2, 0) is 35.4 Å². The number of benzene rings is 2. The first-order valence-electron chi connectivity index (χ1n) is 13.7. The van der Waals surface area contributed by atoms with Crippen molar-refractivity contribution >= 4 is 23.3 Å². The summed E-state index contributed by atoms with van der Waals surface area (Å²) in [5, 5.41) is 16.8. The molecule has 0 aromatic heterocycles. The van der Waals surface area contributed by atoms with Gasteiger partial charge in [-0.25, -0.2) is 0 Å². The lowest BCUT2D eigenvalue weighted by Gasteiger charge is -2.19. The summed E-state index contributed by atoms with van der Waals surface area (Å²) in [6.07, 6.45) is 2.67. The van der Waals surface area contributed by atoms with Gasteiger partial charge >= 0.3 is 12.1 Å². The van der Waals surface area contributed by atoms with Crippen LogP contribution in [-0.4, -0.2) is 23.3 Å². The minimum Gasteiger partial charge on any atom is -0.481 e. The number of unbranched alkanes of at least 4 members (excludes halogenated alkanes) is 2. The summed E-state index contributed by atoms with van der Waals surface area (Å²) in [5.41, 5.74) is 3.73. The van der Waals surface area contributed by atoms with Crippen LogP contribution in [0.3, 0.4) is 0 Å². The fourth-order valence-corrected chi connectivity index (χ4v) is 5.18. The number of aliphatic carboxylic acids is 1. The van der Waals surface area contributed by atoms with Crippen LogP contribution in [0.4, 0.5) is 13.2 Å². The maximum absolute atomic E-state index is 13.9. The average Bonchev–Trinajstić information content (AvgIpc) is 3.07. The molecule has 0 radical (unpaired) electrons. The van der Waals surface area contributed by atoms with Crippen molar-refractivity contribution in [2.24, 2.45) is 5.16 Å². The lowest BCUT2D eigenvalue weighted by molar-refractivity contribution is -0.138. The van der Waals surface area contributed by atoms with E-state index in [0.717, 1.165) is 67.3 Å². The molecule has 0 amide bonds. The Morgan fingerprint density at radius 2 is 1.95 bits per heavy atom. The smallest absolute Gasteiger partial charge is 0.416 e. The molecule has 1 atom stereocenters. The molecule has 1 aliphatic carbocycles. The highest BCUT2D eigenvalue weighted by atomic mass is 35.5. The van der Waals surface area contributed by atoms with E-state index in [1.54, 1.807) is 12.1 Å². The van der Waals surface area contributed by atoms with Crippen molar-refractivity contribution in [1.29, 1.82) is 0 Å². The topological polar surface area (TPSA) is 70.9 Å². The second kappa shape index (κ2) is 14.7. The van der Waals surface area contributed by atoms with E-state index in [4.69, 9.17) is 21.5 Å². The van der Waals surface area contributed by atoms with Gasteiger partial charge in [-0.1, -0.05) is 68.1 Å². The summed E-state index contributed by atoms with van der Waals surface area (Å²) in [4.78, 5) is 16.3. The molecule has 0 aliphatic heterocycles. The van der Waals surface area contributed by atoms with Crippen LogP contribution in [0.15, 0.2) is 35.5 Å². The Morgan fingerprint density at radius 1 is 1.18 bits per heavy atom. The Kier molecular flexibility index (Phi) is 11.7. The Labute approximate surface area is 233 Å². The summed E-state index contributed by atoms with van der Waals surface area (Å²) in [6, 6.07) is 8.34. The van der Waals surface area contributed by atoms with Crippen LogP contribution in [0.2, 0.25) is 5.02 Å². The molecule has 2 aromatic rings. The highest BCUT2D eigenvalue weighted by molar-refractivity contribution is 6.31. The van der Waals surface area contributed by atoms with Crippen molar-refractivity contribution < 1.29 is 27.9 Å². The maximum Gasteiger partial charge on any atom is 0.416 e. The van der Waals surface area contributed by atoms with Gasteiger partial charge in [0, 0.05) is 23.7 Å². The summed E-state index contributed by atoms with van der Waals surface area (Å²) in [5.74, 6) is -1.04. The minimum absolute atomic E-state index is 0.0296. The Morgan fingerprint density at radius 3 is 2.67 bits per heavy atom. The van der Waals surface area contributed by atoms with Crippen molar-refractivity contribution in [3.05, 3.63) is 68.7 Å². The van der Waals surface area contributed by atoms with Gasteiger partial charge in [-0.3, -0.25) is 4.79 Å².